The maximum Gasteiger partial charge on any atom is 0.179 e. The summed E-state index contributed by atoms with van der Waals surface area (Å²) >= 11 is 0. The molecule has 3 heteroatoms. The van der Waals surface area contributed by atoms with Gasteiger partial charge in [0.15, 0.2) is 13.3 Å². The van der Waals surface area contributed by atoms with Gasteiger partial charge in [-0.15, -0.1) is 0 Å². The Morgan fingerprint density at radius 3 is 1.24 bits per heavy atom. The molecule has 3 aromatic rings. The second-order valence-corrected chi connectivity index (χ2v) is 13.5. The van der Waals surface area contributed by atoms with E-state index in [-0.39, 0.29) is 23.8 Å². The molecule has 3 rings (SSSR count). The van der Waals surface area contributed by atoms with E-state index < -0.39 is 7.37 Å². The molecule has 0 aliphatic rings. The predicted octanol–water partition coefficient (Wildman–Crippen LogP) is 6.82. The van der Waals surface area contributed by atoms with Gasteiger partial charge in [-0.25, -0.2) is 0 Å². The second-order valence-electron chi connectivity index (χ2n) is 11.7. The van der Waals surface area contributed by atoms with E-state index in [0.717, 1.165) is 5.75 Å². The van der Waals surface area contributed by atoms with Gasteiger partial charge in [0.2, 0.25) is 0 Å². The molecular weight excluding hydrogens is 418 g/mol. The van der Waals surface area contributed by atoms with Crippen molar-refractivity contribution in [1.82, 2.24) is 0 Å². The molecule has 0 aliphatic heterocycles. The molecule has 0 heterocycles. The van der Waals surface area contributed by atoms with E-state index >= 15 is 0 Å². The molecule has 176 valence electrons. The minimum atomic E-state index is -1.89. The summed E-state index contributed by atoms with van der Waals surface area (Å²) in [6.45, 7) is 20.9. The van der Waals surface area contributed by atoms with E-state index in [4.69, 9.17) is 4.52 Å². The third kappa shape index (κ3) is 5.55. The summed E-state index contributed by atoms with van der Waals surface area (Å²) in [5.41, 5.74) is 4.09. The third-order valence-corrected chi connectivity index (χ3v) is 7.63. The highest BCUT2D eigenvalue weighted by molar-refractivity contribution is 8.05. The molecule has 3 aromatic carbocycles. The zero-order valence-electron chi connectivity index (χ0n) is 21.3. The van der Waals surface area contributed by atoms with Crippen molar-refractivity contribution >= 4 is 25.5 Å². The smallest absolute Gasteiger partial charge is 0.179 e. The zero-order valence-corrected chi connectivity index (χ0v) is 22.2. The Bertz CT molecular complexity index is 1010. The van der Waals surface area contributed by atoms with Gasteiger partial charge in [-0.05, 0) is 46.1 Å². The second kappa shape index (κ2) is 8.96. The van der Waals surface area contributed by atoms with Gasteiger partial charge in [0.25, 0.3) is 0 Å². The number of hydrogen-bond donors (Lipinski definition) is 0. The van der Waals surface area contributed by atoms with Crippen LogP contribution in [0.25, 0.3) is 0 Å². The van der Waals surface area contributed by atoms with Gasteiger partial charge in [-0.1, -0.05) is 111 Å². The molecule has 0 radical (unpaired) electrons. The van der Waals surface area contributed by atoms with E-state index in [2.05, 4.69) is 135 Å². The van der Waals surface area contributed by atoms with Crippen molar-refractivity contribution in [3.63, 3.8) is 0 Å². The Labute approximate surface area is 203 Å². The van der Waals surface area contributed by atoms with Crippen molar-refractivity contribution in [2.45, 2.75) is 78.6 Å². The first-order chi connectivity index (χ1) is 15.1. The van der Waals surface area contributed by atoms with Gasteiger partial charge in [0.05, 0.1) is 18.0 Å². The van der Waals surface area contributed by atoms with Crippen LogP contribution in [0.4, 0.5) is 0 Å². The molecule has 0 atom stereocenters. The highest BCUT2D eigenvalue weighted by Crippen LogP contribution is 2.56. The molecule has 0 amide bonds. The van der Waals surface area contributed by atoms with E-state index in [1.54, 1.807) is 0 Å². The van der Waals surface area contributed by atoms with E-state index in [1.807, 2.05) is 0 Å². The Kier molecular flexibility index (Phi) is 6.94. The van der Waals surface area contributed by atoms with Crippen molar-refractivity contribution < 1.29 is 4.52 Å². The highest BCUT2D eigenvalue weighted by atomic mass is 31.2. The van der Waals surface area contributed by atoms with Crippen LogP contribution in [0, 0.1) is 0 Å². The van der Waals surface area contributed by atoms with Crippen molar-refractivity contribution in [2.24, 2.45) is 0 Å². The van der Waals surface area contributed by atoms with Crippen LogP contribution in [0.1, 0.15) is 79.0 Å². The van der Waals surface area contributed by atoms with Crippen molar-refractivity contribution in [3.05, 3.63) is 89.5 Å². The maximum atomic E-state index is 7.48. The van der Waals surface area contributed by atoms with E-state index in [1.165, 1.54) is 27.3 Å². The van der Waals surface area contributed by atoms with E-state index in [0.29, 0.717) is 0 Å². The Morgan fingerprint density at radius 1 is 0.576 bits per heavy atom. The summed E-state index contributed by atoms with van der Waals surface area (Å²) in [4.78, 5) is 0. The van der Waals surface area contributed by atoms with Gasteiger partial charge in [0.1, 0.15) is 0 Å². The Morgan fingerprint density at radius 2 is 0.939 bits per heavy atom. The van der Waals surface area contributed by atoms with Crippen LogP contribution in [0.3, 0.4) is 0 Å². The van der Waals surface area contributed by atoms with Crippen LogP contribution in [-0.2, 0) is 16.2 Å². The van der Waals surface area contributed by atoms with Crippen LogP contribution in [0.5, 0.6) is 5.75 Å². The van der Waals surface area contributed by atoms with Gasteiger partial charge in [-0.2, -0.15) is 0 Å². The normalized spacial score (nSPS) is 13.2. The van der Waals surface area contributed by atoms with E-state index in [9.17, 15) is 0 Å². The van der Waals surface area contributed by atoms with Gasteiger partial charge < -0.3 is 4.52 Å². The van der Waals surface area contributed by atoms with Crippen molar-refractivity contribution in [3.8, 4) is 5.75 Å². The monoisotopic (exact) mass is 460 g/mol. The standard InChI is InChI=1S/C30H42BOP/c1-28(2,3)22-20-25(29(4,5)6)27(26(21-22)30(7,8)9)32-33(31,23-16-12-10-13-17-23)24-18-14-11-15-19-24/h10-21H,1-9,31H3. The van der Waals surface area contributed by atoms with Gasteiger partial charge >= 0.3 is 0 Å². The first-order valence-electron chi connectivity index (χ1n) is 11.6. The van der Waals surface area contributed by atoms with Crippen LogP contribution in [0.15, 0.2) is 72.8 Å². The fraction of sp³-hybridized carbons (Fsp3) is 0.400. The lowest BCUT2D eigenvalue weighted by Crippen LogP contribution is -2.29. The molecule has 0 aliphatic carbocycles. The summed E-state index contributed by atoms with van der Waals surface area (Å²) in [5.74, 6) is 1.12. The van der Waals surface area contributed by atoms with Crippen LogP contribution >= 0.6 is 7.37 Å². The summed E-state index contributed by atoms with van der Waals surface area (Å²) in [7, 11) is -2.08. The average Bonchev–Trinajstić information content (AvgIpc) is 2.72. The molecular formula is C30H42BOP. The molecule has 0 aromatic heterocycles. The number of hydrogen-bond acceptors (Lipinski definition) is 1. The van der Waals surface area contributed by atoms with Gasteiger partial charge in [-0.3, -0.25) is 0 Å². The van der Waals surface area contributed by atoms with Crippen molar-refractivity contribution in [2.75, 3.05) is 0 Å². The molecule has 0 spiro atoms. The molecule has 0 saturated carbocycles. The molecule has 1 nitrogen and oxygen atoms in total. The topological polar surface area (TPSA) is 9.23 Å². The van der Waals surface area contributed by atoms with Gasteiger partial charge in [0, 0.05) is 11.1 Å². The average molecular weight is 460 g/mol. The lowest BCUT2D eigenvalue weighted by Gasteiger charge is -2.36. The van der Waals surface area contributed by atoms with Crippen LogP contribution in [-0.4, -0.2) is 7.57 Å². The molecule has 0 unspecified atom stereocenters. The Hall–Kier alpha value is -2.05. The lowest BCUT2D eigenvalue weighted by molar-refractivity contribution is 0.496. The minimum absolute atomic E-state index is 0.0190. The third-order valence-electron chi connectivity index (χ3n) is 5.73. The fourth-order valence-corrected chi connectivity index (χ4v) is 5.52. The molecule has 0 saturated heterocycles. The first kappa shape index (κ1) is 25.6. The summed E-state index contributed by atoms with van der Waals surface area (Å²) in [6.07, 6.45) is 0. The lowest BCUT2D eigenvalue weighted by atomic mass is 9.75. The molecule has 0 fully saturated rings. The number of benzene rings is 3. The molecule has 0 N–H and O–H groups in total. The van der Waals surface area contributed by atoms with Crippen LogP contribution in [0.2, 0.25) is 0 Å². The fourth-order valence-electron chi connectivity index (χ4n) is 3.75. The predicted molar refractivity (Wildman–Crippen MR) is 152 cm³/mol. The zero-order chi connectivity index (χ0) is 24.7. The maximum absolute atomic E-state index is 7.48. The SMILES string of the molecule is [BH3-][P+](Oc1c(C(C)(C)C)cc(C(C)(C)C)cc1C(C)(C)C)(c1ccccc1)c1ccccc1. The van der Waals surface area contributed by atoms with Crippen LogP contribution < -0.4 is 15.1 Å². The quantitative estimate of drug-likeness (QED) is 0.307. The summed E-state index contributed by atoms with van der Waals surface area (Å²) < 4.78 is 7.48. The summed E-state index contributed by atoms with van der Waals surface area (Å²) in [5, 5.41) is 2.74. The first-order valence-corrected chi connectivity index (χ1v) is 12.8. The summed E-state index contributed by atoms with van der Waals surface area (Å²) in [6, 6.07) is 26.8. The minimum Gasteiger partial charge on any atom is -0.387 e. The molecule has 33 heavy (non-hydrogen) atoms. The highest BCUT2D eigenvalue weighted by Gasteiger charge is 2.39. The Balaban J connectivity index is 2.36. The largest absolute Gasteiger partial charge is 0.387 e. The number of rotatable bonds is 4. The van der Waals surface area contributed by atoms with Crippen molar-refractivity contribution in [1.29, 1.82) is 0 Å². The molecule has 0 bridgehead atoms.